The van der Waals surface area contributed by atoms with Crippen LogP contribution in [0, 0.1) is 5.92 Å². The van der Waals surface area contributed by atoms with Crippen LogP contribution in [0.1, 0.15) is 43.1 Å². The summed E-state index contributed by atoms with van der Waals surface area (Å²) < 4.78 is 6.20. The van der Waals surface area contributed by atoms with Gasteiger partial charge in [-0.2, -0.15) is 5.10 Å². The molecule has 6 nitrogen and oxygen atoms in total. The van der Waals surface area contributed by atoms with E-state index >= 15 is 0 Å². The Morgan fingerprint density at radius 3 is 2.90 bits per heavy atom. The molecule has 21 heavy (non-hydrogen) atoms. The molecule has 1 aromatic heterocycles. The van der Waals surface area contributed by atoms with Gasteiger partial charge < -0.3 is 10.1 Å². The number of amides is 1. The summed E-state index contributed by atoms with van der Waals surface area (Å²) in [4.78, 5) is 23.9. The zero-order valence-electron chi connectivity index (χ0n) is 12.7. The molecule has 0 aliphatic heterocycles. The van der Waals surface area contributed by atoms with Crippen molar-refractivity contribution >= 4 is 5.91 Å². The first-order valence-corrected chi connectivity index (χ1v) is 7.50. The van der Waals surface area contributed by atoms with Crippen LogP contribution in [0.15, 0.2) is 16.9 Å². The van der Waals surface area contributed by atoms with Crippen molar-refractivity contribution in [3.8, 4) is 0 Å². The third kappa shape index (κ3) is 4.14. The Bertz CT molecular complexity index is 541. The van der Waals surface area contributed by atoms with E-state index in [1.807, 2.05) is 0 Å². The van der Waals surface area contributed by atoms with E-state index in [-0.39, 0.29) is 23.2 Å². The van der Waals surface area contributed by atoms with Gasteiger partial charge in [0.05, 0.1) is 13.2 Å². The highest BCUT2D eigenvalue weighted by Gasteiger charge is 2.23. The molecule has 1 N–H and O–H groups in total. The zero-order chi connectivity index (χ0) is 15.2. The Labute approximate surface area is 124 Å². The maximum atomic E-state index is 12.3. The van der Waals surface area contributed by atoms with Gasteiger partial charge in [-0.15, -0.1) is 0 Å². The fourth-order valence-electron chi connectivity index (χ4n) is 2.68. The van der Waals surface area contributed by atoms with Crippen LogP contribution in [0.25, 0.3) is 0 Å². The number of methoxy groups -OCH3 is 1. The summed E-state index contributed by atoms with van der Waals surface area (Å²) in [6.07, 6.45) is 4.53. The molecule has 116 valence electrons. The molecular weight excluding hydrogens is 270 g/mol. The minimum atomic E-state index is -0.227. The monoisotopic (exact) mass is 293 g/mol. The molecule has 2 unspecified atom stereocenters. The fourth-order valence-corrected chi connectivity index (χ4v) is 2.68. The smallest absolute Gasteiger partial charge is 0.271 e. The summed E-state index contributed by atoms with van der Waals surface area (Å²) in [7, 11) is 1.56. The molecule has 1 saturated carbocycles. The lowest BCUT2D eigenvalue weighted by atomic mass is 9.86. The van der Waals surface area contributed by atoms with Crippen LogP contribution < -0.4 is 10.9 Å². The predicted octanol–water partition coefficient (Wildman–Crippen LogP) is 1.20. The van der Waals surface area contributed by atoms with Gasteiger partial charge >= 0.3 is 0 Å². The fraction of sp³-hybridized carbons (Fsp3) is 0.667. The van der Waals surface area contributed by atoms with Gasteiger partial charge in [-0.05, 0) is 24.8 Å². The van der Waals surface area contributed by atoms with Crippen molar-refractivity contribution in [1.29, 1.82) is 0 Å². The van der Waals surface area contributed by atoms with E-state index in [2.05, 4.69) is 17.3 Å². The van der Waals surface area contributed by atoms with Gasteiger partial charge in [0.25, 0.3) is 11.5 Å². The summed E-state index contributed by atoms with van der Waals surface area (Å²) >= 11 is 0. The quantitative estimate of drug-likeness (QED) is 0.885. The van der Waals surface area contributed by atoms with Gasteiger partial charge in [-0.3, -0.25) is 9.59 Å². The first kappa shape index (κ1) is 15.7. The highest BCUT2D eigenvalue weighted by atomic mass is 16.5. The lowest BCUT2D eigenvalue weighted by molar-refractivity contribution is 0.0901. The average Bonchev–Trinajstić information content (AvgIpc) is 2.48. The van der Waals surface area contributed by atoms with Crippen LogP contribution in [-0.4, -0.2) is 35.4 Å². The Morgan fingerprint density at radius 1 is 1.43 bits per heavy atom. The molecule has 1 aliphatic carbocycles. The van der Waals surface area contributed by atoms with E-state index in [1.165, 1.54) is 23.2 Å². The van der Waals surface area contributed by atoms with Crippen LogP contribution in [-0.2, 0) is 11.3 Å². The van der Waals surface area contributed by atoms with Crippen LogP contribution in [0.3, 0.4) is 0 Å². The zero-order valence-corrected chi connectivity index (χ0v) is 12.7. The molecule has 0 radical (unpaired) electrons. The second-order valence-electron chi connectivity index (χ2n) is 5.61. The van der Waals surface area contributed by atoms with Crippen molar-refractivity contribution in [3.63, 3.8) is 0 Å². The number of nitrogens with zero attached hydrogens (tertiary/aromatic N) is 2. The van der Waals surface area contributed by atoms with E-state index in [4.69, 9.17) is 4.74 Å². The molecule has 0 saturated heterocycles. The average molecular weight is 293 g/mol. The van der Waals surface area contributed by atoms with E-state index in [1.54, 1.807) is 7.11 Å². The number of carbonyl (C=O) groups excluding carboxylic acids is 1. The van der Waals surface area contributed by atoms with Crippen molar-refractivity contribution in [3.05, 3.63) is 28.2 Å². The number of aromatic nitrogens is 2. The Morgan fingerprint density at radius 2 is 2.19 bits per heavy atom. The van der Waals surface area contributed by atoms with Crippen molar-refractivity contribution in [2.24, 2.45) is 5.92 Å². The van der Waals surface area contributed by atoms with Crippen molar-refractivity contribution in [2.75, 3.05) is 13.7 Å². The second kappa shape index (κ2) is 7.36. The molecule has 1 fully saturated rings. The second-order valence-corrected chi connectivity index (χ2v) is 5.61. The van der Waals surface area contributed by atoms with E-state index in [0.717, 1.165) is 19.3 Å². The number of hydrogen-bond donors (Lipinski definition) is 1. The lowest BCUT2D eigenvalue weighted by Gasteiger charge is -2.29. The third-order valence-corrected chi connectivity index (χ3v) is 4.03. The van der Waals surface area contributed by atoms with Crippen LogP contribution in [0.5, 0.6) is 0 Å². The first-order chi connectivity index (χ1) is 10.1. The van der Waals surface area contributed by atoms with E-state index in [0.29, 0.717) is 19.1 Å². The number of hydrogen-bond acceptors (Lipinski definition) is 4. The minimum Gasteiger partial charge on any atom is -0.383 e. The van der Waals surface area contributed by atoms with Crippen molar-refractivity contribution in [1.82, 2.24) is 15.1 Å². The molecule has 1 aliphatic rings. The lowest BCUT2D eigenvalue weighted by Crippen LogP contribution is -2.42. The predicted molar refractivity (Wildman–Crippen MR) is 79.3 cm³/mol. The Kier molecular flexibility index (Phi) is 5.50. The minimum absolute atomic E-state index is 0.201. The maximum Gasteiger partial charge on any atom is 0.271 e. The van der Waals surface area contributed by atoms with Crippen molar-refractivity contribution in [2.45, 2.75) is 45.2 Å². The number of carbonyl (C=O) groups is 1. The van der Waals surface area contributed by atoms with Gasteiger partial charge in [-0.25, -0.2) is 4.68 Å². The van der Waals surface area contributed by atoms with E-state index < -0.39 is 0 Å². The molecule has 2 atom stereocenters. The van der Waals surface area contributed by atoms with Gasteiger partial charge in [0, 0.05) is 19.2 Å². The summed E-state index contributed by atoms with van der Waals surface area (Å²) in [5, 5.41) is 7.15. The molecule has 1 amide bonds. The molecular formula is C15H23N3O3. The van der Waals surface area contributed by atoms with Gasteiger partial charge in [-0.1, -0.05) is 19.8 Å². The van der Waals surface area contributed by atoms with Crippen molar-refractivity contribution < 1.29 is 9.53 Å². The Balaban J connectivity index is 2.06. The molecule has 1 aromatic rings. The number of nitrogens with one attached hydrogen (secondary N) is 1. The van der Waals surface area contributed by atoms with E-state index in [9.17, 15) is 9.59 Å². The maximum absolute atomic E-state index is 12.3. The summed E-state index contributed by atoms with van der Waals surface area (Å²) in [6, 6.07) is 3.06. The van der Waals surface area contributed by atoms with Crippen LogP contribution in [0.2, 0.25) is 0 Å². The van der Waals surface area contributed by atoms with Crippen LogP contribution in [0.4, 0.5) is 0 Å². The molecule has 0 spiro atoms. The molecule has 1 heterocycles. The Hall–Kier alpha value is -1.69. The number of ether oxygens (including phenoxy) is 1. The number of rotatable bonds is 5. The van der Waals surface area contributed by atoms with Crippen LogP contribution >= 0.6 is 0 Å². The molecule has 2 rings (SSSR count). The molecule has 0 bridgehead atoms. The highest BCUT2D eigenvalue weighted by Crippen LogP contribution is 2.23. The third-order valence-electron chi connectivity index (χ3n) is 4.03. The largest absolute Gasteiger partial charge is 0.383 e. The molecule has 6 heteroatoms. The first-order valence-electron chi connectivity index (χ1n) is 7.50. The van der Waals surface area contributed by atoms with Gasteiger partial charge in [0.2, 0.25) is 0 Å². The van der Waals surface area contributed by atoms with Gasteiger partial charge in [0.15, 0.2) is 0 Å². The summed E-state index contributed by atoms with van der Waals surface area (Å²) in [5.74, 6) is 0.280. The molecule has 0 aromatic carbocycles. The van der Waals surface area contributed by atoms with Gasteiger partial charge in [0.1, 0.15) is 5.69 Å². The highest BCUT2D eigenvalue weighted by molar-refractivity contribution is 5.92. The SMILES string of the molecule is COCCn1nc(C(=O)NC2CCCCC2C)ccc1=O. The summed E-state index contributed by atoms with van der Waals surface area (Å²) in [6.45, 7) is 2.89. The summed E-state index contributed by atoms with van der Waals surface area (Å²) in [5.41, 5.74) is 0.0538. The normalized spacial score (nSPS) is 22.0. The standard InChI is InChI=1S/C15H23N3O3/c1-11-5-3-4-6-12(11)16-15(20)13-7-8-14(19)18(17-13)9-10-21-2/h7-8,11-12H,3-6,9-10H2,1-2H3,(H,16,20). The topological polar surface area (TPSA) is 73.2 Å².